The fourth-order valence-corrected chi connectivity index (χ4v) is 3.29. The number of halogens is 3. The minimum absolute atomic E-state index is 0. The maximum atomic E-state index is 12.4. The van der Waals surface area contributed by atoms with Crippen LogP contribution in [0.1, 0.15) is 24.9 Å². The van der Waals surface area contributed by atoms with Gasteiger partial charge in [0, 0.05) is 51.2 Å². The molecule has 2 aliphatic rings. The lowest BCUT2D eigenvalue weighted by Gasteiger charge is -2.39. The highest BCUT2D eigenvalue weighted by Crippen LogP contribution is 2.21. The number of hydrogen-bond donors (Lipinski definition) is 1. The van der Waals surface area contributed by atoms with Crippen molar-refractivity contribution in [3.8, 4) is 0 Å². The van der Waals surface area contributed by atoms with Gasteiger partial charge < -0.3 is 10.2 Å². The average molecular weight is 398 g/mol. The summed E-state index contributed by atoms with van der Waals surface area (Å²) in [6.45, 7) is 7.64. The quantitative estimate of drug-likeness (QED) is 0.849. The molecular weight excluding hydrogens is 371 g/mol. The fraction of sp³-hybridized carbons (Fsp3) is 0.625. The SMILES string of the molecule is CC(c1cccnc1)N1CCN(C(=O)C2CCNC2)CC1.Cl.Cl.Cl. The van der Waals surface area contributed by atoms with Gasteiger partial charge in [0.1, 0.15) is 0 Å². The van der Waals surface area contributed by atoms with E-state index in [4.69, 9.17) is 0 Å². The number of hydrogen-bond acceptors (Lipinski definition) is 4. The molecular formula is C16H27Cl3N4O. The summed E-state index contributed by atoms with van der Waals surface area (Å²) in [4.78, 5) is 21.1. The van der Waals surface area contributed by atoms with E-state index in [0.717, 1.165) is 45.7 Å². The molecule has 0 spiro atoms. The van der Waals surface area contributed by atoms with Gasteiger partial charge in [-0.25, -0.2) is 0 Å². The lowest BCUT2D eigenvalue weighted by molar-refractivity contribution is -0.137. The normalized spacial score (nSPS) is 21.9. The number of pyridine rings is 1. The number of carbonyl (C=O) groups excluding carboxylic acids is 1. The molecule has 1 amide bonds. The van der Waals surface area contributed by atoms with Crippen molar-refractivity contribution in [2.45, 2.75) is 19.4 Å². The first-order valence-corrected chi connectivity index (χ1v) is 7.89. The largest absolute Gasteiger partial charge is 0.340 e. The number of amides is 1. The van der Waals surface area contributed by atoms with Crippen LogP contribution < -0.4 is 5.32 Å². The van der Waals surface area contributed by atoms with Crippen LogP contribution in [0.3, 0.4) is 0 Å². The molecule has 2 aliphatic heterocycles. The van der Waals surface area contributed by atoms with E-state index in [1.807, 2.05) is 23.4 Å². The summed E-state index contributed by atoms with van der Waals surface area (Å²) >= 11 is 0. The fourth-order valence-electron chi connectivity index (χ4n) is 3.29. The van der Waals surface area contributed by atoms with Crippen molar-refractivity contribution in [2.75, 3.05) is 39.3 Å². The Balaban J connectivity index is 0.00000176. The van der Waals surface area contributed by atoms with Crippen molar-refractivity contribution in [1.29, 1.82) is 0 Å². The molecule has 5 nitrogen and oxygen atoms in total. The zero-order valence-corrected chi connectivity index (χ0v) is 16.3. The Labute approximate surface area is 162 Å². The van der Waals surface area contributed by atoms with Crippen molar-refractivity contribution in [3.05, 3.63) is 30.1 Å². The van der Waals surface area contributed by atoms with Crippen molar-refractivity contribution in [3.63, 3.8) is 0 Å². The average Bonchev–Trinajstić information content (AvgIpc) is 3.09. The summed E-state index contributed by atoms with van der Waals surface area (Å²) in [5, 5.41) is 3.28. The molecule has 2 unspecified atom stereocenters. The first kappa shape index (κ1) is 23.4. The molecule has 3 heterocycles. The van der Waals surface area contributed by atoms with Gasteiger partial charge in [-0.15, -0.1) is 37.2 Å². The molecule has 2 saturated heterocycles. The molecule has 0 radical (unpaired) electrons. The van der Waals surface area contributed by atoms with Crippen molar-refractivity contribution >= 4 is 43.1 Å². The van der Waals surface area contributed by atoms with Gasteiger partial charge in [-0.1, -0.05) is 6.07 Å². The highest BCUT2D eigenvalue weighted by Gasteiger charge is 2.30. The van der Waals surface area contributed by atoms with Gasteiger partial charge in [0.15, 0.2) is 0 Å². The Kier molecular flexibility index (Phi) is 10.8. The van der Waals surface area contributed by atoms with E-state index in [0.29, 0.717) is 11.9 Å². The van der Waals surface area contributed by atoms with Gasteiger partial charge in [0.25, 0.3) is 0 Å². The van der Waals surface area contributed by atoms with Crippen LogP contribution in [0.4, 0.5) is 0 Å². The first-order chi connectivity index (χ1) is 10.3. The van der Waals surface area contributed by atoms with Crippen molar-refractivity contribution in [2.24, 2.45) is 5.92 Å². The summed E-state index contributed by atoms with van der Waals surface area (Å²) in [7, 11) is 0. The van der Waals surface area contributed by atoms with E-state index < -0.39 is 0 Å². The lowest BCUT2D eigenvalue weighted by Crippen LogP contribution is -2.51. The monoisotopic (exact) mass is 396 g/mol. The second kappa shape index (κ2) is 11.1. The Morgan fingerprint density at radius 2 is 1.96 bits per heavy atom. The second-order valence-electron chi connectivity index (χ2n) is 6.01. The van der Waals surface area contributed by atoms with Gasteiger partial charge in [0.2, 0.25) is 5.91 Å². The molecule has 0 aliphatic carbocycles. The molecule has 2 atom stereocenters. The van der Waals surface area contributed by atoms with Gasteiger partial charge in [-0.05, 0) is 31.5 Å². The molecule has 1 N–H and O–H groups in total. The van der Waals surface area contributed by atoms with E-state index in [9.17, 15) is 4.79 Å². The second-order valence-corrected chi connectivity index (χ2v) is 6.01. The molecule has 0 aromatic carbocycles. The summed E-state index contributed by atoms with van der Waals surface area (Å²) in [5.74, 6) is 0.543. The van der Waals surface area contributed by atoms with Crippen LogP contribution in [0.2, 0.25) is 0 Å². The highest BCUT2D eigenvalue weighted by molar-refractivity contribution is 5.86. The van der Waals surface area contributed by atoms with E-state index >= 15 is 0 Å². The standard InChI is InChI=1S/C16H24N4O.3ClH/c1-13(14-3-2-5-17-11-14)19-7-9-20(10-8-19)16(21)15-4-6-18-12-15;;;/h2-3,5,11,13,15,18H,4,6-10,12H2,1H3;3*1H. The van der Waals surface area contributed by atoms with Crippen LogP contribution >= 0.6 is 37.2 Å². The van der Waals surface area contributed by atoms with Crippen LogP contribution in [0.15, 0.2) is 24.5 Å². The number of nitrogens with one attached hydrogen (secondary N) is 1. The summed E-state index contributed by atoms with van der Waals surface area (Å²) < 4.78 is 0. The predicted octanol–water partition coefficient (Wildman–Crippen LogP) is 2.16. The molecule has 3 rings (SSSR count). The van der Waals surface area contributed by atoms with Crippen molar-refractivity contribution in [1.82, 2.24) is 20.1 Å². The molecule has 24 heavy (non-hydrogen) atoms. The predicted molar refractivity (Wildman–Crippen MR) is 104 cm³/mol. The third kappa shape index (κ3) is 5.46. The zero-order valence-electron chi connectivity index (χ0n) is 13.9. The van der Waals surface area contributed by atoms with Crippen LogP contribution in [0.25, 0.3) is 0 Å². The summed E-state index contributed by atoms with van der Waals surface area (Å²) in [5.41, 5.74) is 1.25. The third-order valence-electron chi connectivity index (χ3n) is 4.75. The molecule has 1 aromatic heterocycles. The van der Waals surface area contributed by atoms with E-state index in [-0.39, 0.29) is 43.1 Å². The van der Waals surface area contributed by atoms with Gasteiger partial charge in [-0.3, -0.25) is 14.7 Å². The molecule has 1 aromatic rings. The van der Waals surface area contributed by atoms with Crippen LogP contribution in [0, 0.1) is 5.92 Å². The Bertz CT molecular complexity index is 477. The molecule has 0 saturated carbocycles. The highest BCUT2D eigenvalue weighted by atomic mass is 35.5. The number of piperazine rings is 1. The number of carbonyl (C=O) groups is 1. The molecule has 138 valence electrons. The molecule has 8 heteroatoms. The maximum absolute atomic E-state index is 12.4. The first-order valence-electron chi connectivity index (χ1n) is 7.89. The minimum Gasteiger partial charge on any atom is -0.340 e. The van der Waals surface area contributed by atoms with E-state index in [2.05, 4.69) is 28.2 Å². The van der Waals surface area contributed by atoms with Crippen LogP contribution in [0.5, 0.6) is 0 Å². The Hall–Kier alpha value is -0.590. The van der Waals surface area contributed by atoms with E-state index in [1.165, 1.54) is 5.56 Å². The Morgan fingerprint density at radius 3 is 2.50 bits per heavy atom. The third-order valence-corrected chi connectivity index (χ3v) is 4.75. The van der Waals surface area contributed by atoms with Crippen molar-refractivity contribution < 1.29 is 4.79 Å². The lowest BCUT2D eigenvalue weighted by atomic mass is 10.1. The minimum atomic E-state index is 0. The van der Waals surface area contributed by atoms with Crippen LogP contribution in [-0.4, -0.2) is 60.0 Å². The zero-order chi connectivity index (χ0) is 14.7. The molecule has 2 fully saturated rings. The summed E-state index contributed by atoms with van der Waals surface area (Å²) in [6, 6.07) is 4.47. The van der Waals surface area contributed by atoms with E-state index in [1.54, 1.807) is 0 Å². The van der Waals surface area contributed by atoms with Gasteiger partial charge in [0.05, 0.1) is 5.92 Å². The molecule has 0 bridgehead atoms. The smallest absolute Gasteiger partial charge is 0.227 e. The maximum Gasteiger partial charge on any atom is 0.227 e. The Morgan fingerprint density at radius 1 is 1.25 bits per heavy atom. The van der Waals surface area contributed by atoms with Crippen LogP contribution in [-0.2, 0) is 4.79 Å². The summed E-state index contributed by atoms with van der Waals surface area (Å²) in [6.07, 6.45) is 4.74. The van der Waals surface area contributed by atoms with Gasteiger partial charge in [-0.2, -0.15) is 0 Å². The number of rotatable bonds is 3. The number of aromatic nitrogens is 1. The topological polar surface area (TPSA) is 48.5 Å². The number of nitrogens with zero attached hydrogens (tertiary/aromatic N) is 3. The van der Waals surface area contributed by atoms with Gasteiger partial charge >= 0.3 is 0 Å².